The summed E-state index contributed by atoms with van der Waals surface area (Å²) in [6.45, 7) is 3.92. The fourth-order valence-corrected chi connectivity index (χ4v) is 1.51. The summed E-state index contributed by atoms with van der Waals surface area (Å²) in [7, 11) is 4.05. The molecule has 94 valence electrons. The zero-order valence-corrected chi connectivity index (χ0v) is 10.5. The molecule has 1 rings (SSSR count). The number of hydrogen-bond donors (Lipinski definition) is 1. The largest absolute Gasteiger partial charge is 0.309 e. The van der Waals surface area contributed by atoms with Gasteiger partial charge in [-0.15, -0.1) is 0 Å². The topological polar surface area (TPSA) is 58.4 Å². The third-order valence-corrected chi connectivity index (χ3v) is 2.61. The maximum absolute atomic E-state index is 10.5. The van der Waals surface area contributed by atoms with E-state index in [9.17, 15) is 10.1 Å². The molecule has 1 aromatic carbocycles. The minimum Gasteiger partial charge on any atom is -0.309 e. The standard InChI is InChI=1S/C12H19N3O2/c1-10(13-8-9-14(2)3)11-4-6-12(7-5-11)15(16)17/h4-7,10,13H,8-9H2,1-3H3. The molecule has 1 atom stereocenters. The van der Waals surface area contributed by atoms with E-state index in [0.29, 0.717) is 0 Å². The lowest BCUT2D eigenvalue weighted by atomic mass is 10.1. The molecule has 1 N–H and O–H groups in total. The molecule has 0 saturated heterocycles. The normalized spacial score (nSPS) is 12.7. The van der Waals surface area contributed by atoms with Gasteiger partial charge in [0.25, 0.3) is 5.69 Å². The Bertz CT molecular complexity index is 363. The molecular formula is C12H19N3O2. The molecule has 5 nitrogen and oxygen atoms in total. The first kappa shape index (κ1) is 13.6. The van der Waals surface area contributed by atoms with Crippen LogP contribution in [0.25, 0.3) is 0 Å². The van der Waals surface area contributed by atoms with E-state index in [1.807, 2.05) is 14.1 Å². The highest BCUT2D eigenvalue weighted by Crippen LogP contribution is 2.17. The number of likely N-dealkylation sites (N-methyl/N-ethyl adjacent to an activating group) is 1. The Morgan fingerprint density at radius 2 is 1.94 bits per heavy atom. The van der Waals surface area contributed by atoms with Gasteiger partial charge in [-0.3, -0.25) is 10.1 Å². The van der Waals surface area contributed by atoms with Gasteiger partial charge >= 0.3 is 0 Å². The summed E-state index contributed by atoms with van der Waals surface area (Å²) in [6.07, 6.45) is 0. The number of non-ortho nitro benzene ring substituents is 1. The van der Waals surface area contributed by atoms with E-state index in [1.54, 1.807) is 24.3 Å². The van der Waals surface area contributed by atoms with E-state index in [2.05, 4.69) is 17.1 Å². The van der Waals surface area contributed by atoms with Crippen molar-refractivity contribution in [1.82, 2.24) is 10.2 Å². The van der Waals surface area contributed by atoms with Crippen molar-refractivity contribution in [1.29, 1.82) is 0 Å². The molecule has 0 heterocycles. The molecule has 1 aromatic rings. The van der Waals surface area contributed by atoms with E-state index in [-0.39, 0.29) is 16.7 Å². The van der Waals surface area contributed by atoms with Crippen LogP contribution in [0.1, 0.15) is 18.5 Å². The Hall–Kier alpha value is -1.46. The molecule has 1 unspecified atom stereocenters. The van der Waals surface area contributed by atoms with Crippen molar-refractivity contribution in [2.75, 3.05) is 27.2 Å². The second-order valence-electron chi connectivity index (χ2n) is 4.33. The Balaban J connectivity index is 2.51. The van der Waals surface area contributed by atoms with Crippen molar-refractivity contribution < 1.29 is 4.92 Å². The average molecular weight is 237 g/mol. The van der Waals surface area contributed by atoms with E-state index in [0.717, 1.165) is 18.7 Å². The number of benzene rings is 1. The molecule has 0 aliphatic heterocycles. The van der Waals surface area contributed by atoms with Crippen molar-refractivity contribution >= 4 is 5.69 Å². The van der Waals surface area contributed by atoms with Gasteiger partial charge in [0.1, 0.15) is 0 Å². The summed E-state index contributed by atoms with van der Waals surface area (Å²) in [5.74, 6) is 0. The molecule has 17 heavy (non-hydrogen) atoms. The van der Waals surface area contributed by atoms with Gasteiger partial charge in [-0.2, -0.15) is 0 Å². The highest BCUT2D eigenvalue weighted by molar-refractivity contribution is 5.33. The third kappa shape index (κ3) is 4.50. The number of rotatable bonds is 6. The molecule has 0 fully saturated rings. The lowest BCUT2D eigenvalue weighted by molar-refractivity contribution is -0.384. The molecule has 0 aromatic heterocycles. The first-order valence-corrected chi connectivity index (χ1v) is 5.63. The van der Waals surface area contributed by atoms with Crippen molar-refractivity contribution in [3.8, 4) is 0 Å². The Kier molecular flexibility index (Phi) is 5.06. The fraction of sp³-hybridized carbons (Fsp3) is 0.500. The number of nitro benzene ring substituents is 1. The summed E-state index contributed by atoms with van der Waals surface area (Å²) < 4.78 is 0. The Morgan fingerprint density at radius 1 is 1.35 bits per heavy atom. The summed E-state index contributed by atoms with van der Waals surface area (Å²) >= 11 is 0. The Labute approximate surface area is 102 Å². The van der Waals surface area contributed by atoms with Gasteiger partial charge in [0.15, 0.2) is 0 Å². The lowest BCUT2D eigenvalue weighted by Crippen LogP contribution is -2.28. The van der Waals surface area contributed by atoms with E-state index < -0.39 is 0 Å². The highest BCUT2D eigenvalue weighted by atomic mass is 16.6. The van der Waals surface area contributed by atoms with Crippen LogP contribution in [0.2, 0.25) is 0 Å². The second kappa shape index (κ2) is 6.32. The molecule has 0 amide bonds. The van der Waals surface area contributed by atoms with Crippen LogP contribution >= 0.6 is 0 Å². The molecule has 0 radical (unpaired) electrons. The molecule has 5 heteroatoms. The second-order valence-corrected chi connectivity index (χ2v) is 4.33. The van der Waals surface area contributed by atoms with Gasteiger partial charge in [0.2, 0.25) is 0 Å². The predicted molar refractivity (Wildman–Crippen MR) is 68.1 cm³/mol. The van der Waals surface area contributed by atoms with Crippen molar-refractivity contribution in [2.45, 2.75) is 13.0 Å². The highest BCUT2D eigenvalue weighted by Gasteiger charge is 2.08. The quantitative estimate of drug-likeness (QED) is 0.605. The number of nitrogens with zero attached hydrogens (tertiary/aromatic N) is 2. The van der Waals surface area contributed by atoms with Crippen LogP contribution in [0.5, 0.6) is 0 Å². The third-order valence-electron chi connectivity index (χ3n) is 2.61. The fourth-order valence-electron chi connectivity index (χ4n) is 1.51. The van der Waals surface area contributed by atoms with Crippen LogP contribution in [0.3, 0.4) is 0 Å². The summed E-state index contributed by atoms with van der Waals surface area (Å²) in [5, 5.41) is 13.9. The van der Waals surface area contributed by atoms with E-state index in [1.165, 1.54) is 0 Å². The van der Waals surface area contributed by atoms with Crippen molar-refractivity contribution in [3.63, 3.8) is 0 Å². The molecule has 0 bridgehead atoms. The van der Waals surface area contributed by atoms with Gasteiger partial charge in [-0.05, 0) is 26.6 Å². The number of hydrogen-bond acceptors (Lipinski definition) is 4. The van der Waals surface area contributed by atoms with Crippen molar-refractivity contribution in [2.24, 2.45) is 0 Å². The monoisotopic (exact) mass is 237 g/mol. The predicted octanol–water partition coefficient (Wildman–Crippen LogP) is 1.81. The van der Waals surface area contributed by atoms with Crippen LogP contribution in [-0.2, 0) is 0 Å². The van der Waals surface area contributed by atoms with Gasteiger partial charge < -0.3 is 10.2 Å². The van der Waals surface area contributed by atoms with Crippen LogP contribution in [0.15, 0.2) is 24.3 Å². The van der Waals surface area contributed by atoms with Crippen molar-refractivity contribution in [3.05, 3.63) is 39.9 Å². The minimum atomic E-state index is -0.381. The summed E-state index contributed by atoms with van der Waals surface area (Å²) in [4.78, 5) is 12.2. The van der Waals surface area contributed by atoms with Crippen LogP contribution in [-0.4, -0.2) is 37.0 Å². The van der Waals surface area contributed by atoms with Gasteiger partial charge in [0, 0.05) is 31.3 Å². The lowest BCUT2D eigenvalue weighted by Gasteiger charge is -2.16. The molecule has 0 aliphatic rings. The SMILES string of the molecule is CC(NCCN(C)C)c1ccc([N+](=O)[O-])cc1. The van der Waals surface area contributed by atoms with Crippen LogP contribution < -0.4 is 5.32 Å². The van der Waals surface area contributed by atoms with Crippen LogP contribution in [0.4, 0.5) is 5.69 Å². The molecule has 0 aliphatic carbocycles. The van der Waals surface area contributed by atoms with E-state index >= 15 is 0 Å². The molecule has 0 saturated carbocycles. The maximum Gasteiger partial charge on any atom is 0.269 e. The minimum absolute atomic E-state index is 0.134. The molecule has 0 spiro atoms. The van der Waals surface area contributed by atoms with Gasteiger partial charge in [-0.25, -0.2) is 0 Å². The zero-order chi connectivity index (χ0) is 12.8. The first-order valence-electron chi connectivity index (χ1n) is 5.63. The molecular weight excluding hydrogens is 218 g/mol. The smallest absolute Gasteiger partial charge is 0.269 e. The van der Waals surface area contributed by atoms with Gasteiger partial charge in [-0.1, -0.05) is 12.1 Å². The summed E-state index contributed by atoms with van der Waals surface area (Å²) in [5.41, 5.74) is 1.20. The van der Waals surface area contributed by atoms with Gasteiger partial charge in [0.05, 0.1) is 4.92 Å². The number of nitrogens with one attached hydrogen (secondary N) is 1. The summed E-state index contributed by atoms with van der Waals surface area (Å²) in [6, 6.07) is 6.88. The maximum atomic E-state index is 10.5. The zero-order valence-electron chi connectivity index (χ0n) is 10.5. The van der Waals surface area contributed by atoms with E-state index in [4.69, 9.17) is 0 Å². The average Bonchev–Trinajstić information content (AvgIpc) is 2.28. The van der Waals surface area contributed by atoms with Crippen LogP contribution in [0, 0.1) is 10.1 Å². The number of nitro groups is 1. The Morgan fingerprint density at radius 3 is 2.41 bits per heavy atom. The first-order chi connectivity index (χ1) is 8.00.